The van der Waals surface area contributed by atoms with Gasteiger partial charge >= 0.3 is 0 Å². The lowest BCUT2D eigenvalue weighted by molar-refractivity contribution is 0.126. The molecule has 3 aromatic rings. The van der Waals surface area contributed by atoms with E-state index in [1.54, 1.807) is 7.11 Å². The average Bonchev–Trinajstić information content (AvgIpc) is 2.71. The van der Waals surface area contributed by atoms with Gasteiger partial charge in [-0.25, -0.2) is 9.97 Å². The largest absolute Gasteiger partial charge is 0.497 e. The van der Waals surface area contributed by atoms with Crippen LogP contribution in [0.25, 0.3) is 11.3 Å². The number of ether oxygens (including phenoxy) is 2. The highest BCUT2D eigenvalue weighted by Gasteiger charge is 2.10. The minimum Gasteiger partial charge on any atom is -0.497 e. The number of aryl methyl sites for hydroxylation is 1. The fourth-order valence-corrected chi connectivity index (χ4v) is 3.25. The number of nitrogens with zero attached hydrogens (tertiary/aromatic N) is 2. The summed E-state index contributed by atoms with van der Waals surface area (Å²) in [5.74, 6) is 2.01. The molecular formula is C21H22N2O3S. The van der Waals surface area contributed by atoms with Crippen LogP contribution in [0, 0.1) is 6.92 Å². The molecule has 3 rings (SSSR count). The van der Waals surface area contributed by atoms with E-state index in [2.05, 4.69) is 9.97 Å². The Balaban J connectivity index is 1.60. The summed E-state index contributed by atoms with van der Waals surface area (Å²) in [5, 5.41) is 10.8. The highest BCUT2D eigenvalue weighted by molar-refractivity contribution is 7.99. The van der Waals surface area contributed by atoms with Crippen molar-refractivity contribution in [2.24, 2.45) is 0 Å². The number of rotatable bonds is 8. The van der Waals surface area contributed by atoms with Gasteiger partial charge in [-0.1, -0.05) is 30.0 Å². The van der Waals surface area contributed by atoms with Crippen molar-refractivity contribution in [3.63, 3.8) is 0 Å². The second-order valence-electron chi connectivity index (χ2n) is 5.99. The van der Waals surface area contributed by atoms with Gasteiger partial charge in [0.1, 0.15) is 18.1 Å². The topological polar surface area (TPSA) is 64.5 Å². The number of methoxy groups -OCH3 is 1. The fraction of sp³-hybridized carbons (Fsp3) is 0.238. The second-order valence-corrected chi connectivity index (χ2v) is 6.98. The van der Waals surface area contributed by atoms with Crippen molar-refractivity contribution in [1.82, 2.24) is 9.97 Å². The van der Waals surface area contributed by atoms with Gasteiger partial charge < -0.3 is 14.6 Å². The van der Waals surface area contributed by atoms with Crippen molar-refractivity contribution in [3.05, 3.63) is 66.4 Å². The molecule has 0 unspecified atom stereocenters. The van der Waals surface area contributed by atoms with Gasteiger partial charge in [-0.05, 0) is 49.4 Å². The number of aliphatic hydroxyl groups is 1. The first-order valence-electron chi connectivity index (χ1n) is 8.63. The lowest BCUT2D eigenvalue weighted by Gasteiger charge is -2.12. The van der Waals surface area contributed by atoms with Crippen molar-refractivity contribution >= 4 is 11.8 Å². The molecule has 0 amide bonds. The molecular weight excluding hydrogens is 360 g/mol. The molecule has 0 spiro atoms. The molecule has 5 nitrogen and oxygen atoms in total. The standard InChI is InChI=1S/C21H22N2O3S/c1-15-12-20(16-8-10-18(25-2)11-9-16)23-21(22-15)27-14-17(24)13-26-19-6-4-3-5-7-19/h3-12,17,24H,13-14H2,1-2H3/t17-/m0/s1. The molecule has 140 valence electrons. The van der Waals surface area contributed by atoms with Crippen LogP contribution in [0.5, 0.6) is 11.5 Å². The van der Waals surface area contributed by atoms with E-state index >= 15 is 0 Å². The molecule has 0 aliphatic rings. The molecule has 0 radical (unpaired) electrons. The first-order valence-corrected chi connectivity index (χ1v) is 9.61. The van der Waals surface area contributed by atoms with Crippen LogP contribution in [0.1, 0.15) is 5.69 Å². The Bertz CT molecular complexity index is 857. The normalized spacial score (nSPS) is 11.8. The van der Waals surface area contributed by atoms with Crippen LogP contribution in [0.15, 0.2) is 65.8 Å². The Morgan fingerprint density at radius 1 is 1.00 bits per heavy atom. The fourth-order valence-electron chi connectivity index (χ4n) is 2.44. The summed E-state index contributed by atoms with van der Waals surface area (Å²) in [6, 6.07) is 19.2. The SMILES string of the molecule is COc1ccc(-c2cc(C)nc(SC[C@@H](O)COc3ccccc3)n2)cc1. The van der Waals surface area contributed by atoms with Crippen LogP contribution in [0.4, 0.5) is 0 Å². The monoisotopic (exact) mass is 382 g/mol. The minimum atomic E-state index is -0.608. The average molecular weight is 382 g/mol. The Morgan fingerprint density at radius 3 is 2.44 bits per heavy atom. The quantitative estimate of drug-likeness (QED) is 0.469. The zero-order valence-electron chi connectivity index (χ0n) is 15.3. The molecule has 0 fully saturated rings. The van der Waals surface area contributed by atoms with Gasteiger partial charge in [0.2, 0.25) is 0 Å². The first kappa shape index (κ1) is 19.2. The van der Waals surface area contributed by atoms with Gasteiger partial charge in [0.05, 0.1) is 18.9 Å². The van der Waals surface area contributed by atoms with Crippen molar-refractivity contribution in [2.45, 2.75) is 18.2 Å². The number of hydrogen-bond donors (Lipinski definition) is 1. The molecule has 0 bridgehead atoms. The number of hydrogen-bond acceptors (Lipinski definition) is 6. The summed E-state index contributed by atoms with van der Waals surface area (Å²) in [6.07, 6.45) is -0.608. The summed E-state index contributed by atoms with van der Waals surface area (Å²) in [4.78, 5) is 9.07. The predicted molar refractivity (Wildman–Crippen MR) is 107 cm³/mol. The van der Waals surface area contributed by atoms with Gasteiger partial charge in [-0.15, -0.1) is 0 Å². The van der Waals surface area contributed by atoms with Crippen molar-refractivity contribution in [2.75, 3.05) is 19.5 Å². The second kappa shape index (κ2) is 9.39. The maximum atomic E-state index is 10.2. The first-order chi connectivity index (χ1) is 13.1. The van der Waals surface area contributed by atoms with Crippen LogP contribution in [-0.4, -0.2) is 40.6 Å². The number of aromatic nitrogens is 2. The van der Waals surface area contributed by atoms with E-state index in [9.17, 15) is 5.11 Å². The van der Waals surface area contributed by atoms with E-state index in [0.29, 0.717) is 10.9 Å². The third-order valence-corrected chi connectivity index (χ3v) is 4.80. The molecule has 0 saturated carbocycles. The smallest absolute Gasteiger partial charge is 0.188 e. The van der Waals surface area contributed by atoms with Crippen molar-refractivity contribution < 1.29 is 14.6 Å². The number of para-hydroxylation sites is 1. The van der Waals surface area contributed by atoms with E-state index in [-0.39, 0.29) is 6.61 Å². The molecule has 6 heteroatoms. The van der Waals surface area contributed by atoms with Crippen LogP contribution in [0.2, 0.25) is 0 Å². The van der Waals surface area contributed by atoms with Crippen LogP contribution in [-0.2, 0) is 0 Å². The van der Waals surface area contributed by atoms with E-state index in [1.165, 1.54) is 11.8 Å². The summed E-state index contributed by atoms with van der Waals surface area (Å²) >= 11 is 1.42. The van der Waals surface area contributed by atoms with Crippen LogP contribution < -0.4 is 9.47 Å². The number of thioether (sulfide) groups is 1. The molecule has 0 aliphatic heterocycles. The Hall–Kier alpha value is -2.57. The Kier molecular flexibility index (Phi) is 6.68. The third-order valence-electron chi connectivity index (χ3n) is 3.81. The molecule has 1 heterocycles. The van der Waals surface area contributed by atoms with Crippen molar-refractivity contribution in [3.8, 4) is 22.8 Å². The van der Waals surface area contributed by atoms with Gasteiger partial charge in [-0.3, -0.25) is 0 Å². The minimum absolute atomic E-state index is 0.230. The summed E-state index contributed by atoms with van der Waals surface area (Å²) in [5.41, 5.74) is 2.73. The third kappa shape index (κ3) is 5.70. The highest BCUT2D eigenvalue weighted by Crippen LogP contribution is 2.24. The van der Waals surface area contributed by atoms with Gasteiger partial charge in [0.15, 0.2) is 5.16 Å². The molecule has 2 aromatic carbocycles. The Morgan fingerprint density at radius 2 is 1.74 bits per heavy atom. The molecule has 0 aliphatic carbocycles. The van der Waals surface area contributed by atoms with E-state index < -0.39 is 6.10 Å². The molecule has 1 atom stereocenters. The predicted octanol–water partition coefficient (Wildman–Crippen LogP) is 3.99. The van der Waals surface area contributed by atoms with E-state index in [4.69, 9.17) is 9.47 Å². The maximum Gasteiger partial charge on any atom is 0.188 e. The number of benzene rings is 2. The van der Waals surface area contributed by atoms with Gasteiger partial charge in [-0.2, -0.15) is 0 Å². The van der Waals surface area contributed by atoms with Crippen LogP contribution in [0.3, 0.4) is 0 Å². The maximum absolute atomic E-state index is 10.2. The lowest BCUT2D eigenvalue weighted by atomic mass is 10.1. The molecule has 27 heavy (non-hydrogen) atoms. The van der Waals surface area contributed by atoms with E-state index in [0.717, 1.165) is 28.5 Å². The number of aliphatic hydroxyl groups excluding tert-OH is 1. The van der Waals surface area contributed by atoms with Crippen molar-refractivity contribution in [1.29, 1.82) is 0 Å². The lowest BCUT2D eigenvalue weighted by Crippen LogP contribution is -2.20. The molecule has 0 saturated heterocycles. The van der Waals surface area contributed by atoms with Gasteiger partial charge in [0, 0.05) is 17.0 Å². The molecule has 1 N–H and O–H groups in total. The summed E-state index contributed by atoms with van der Waals surface area (Å²) in [6.45, 7) is 2.17. The zero-order valence-corrected chi connectivity index (χ0v) is 16.1. The van der Waals surface area contributed by atoms with E-state index in [1.807, 2.05) is 67.6 Å². The summed E-state index contributed by atoms with van der Waals surface area (Å²) < 4.78 is 10.8. The zero-order chi connectivity index (χ0) is 19.1. The Labute approximate surface area is 163 Å². The molecule has 1 aromatic heterocycles. The van der Waals surface area contributed by atoms with Gasteiger partial charge in [0.25, 0.3) is 0 Å². The van der Waals surface area contributed by atoms with Crippen LogP contribution >= 0.6 is 11.8 Å². The summed E-state index contributed by atoms with van der Waals surface area (Å²) in [7, 11) is 1.64. The highest BCUT2D eigenvalue weighted by atomic mass is 32.2.